The summed E-state index contributed by atoms with van der Waals surface area (Å²) in [5.74, 6) is 0.456. The molecule has 1 heterocycles. The van der Waals surface area contributed by atoms with Gasteiger partial charge in [-0.1, -0.05) is 0 Å². The van der Waals surface area contributed by atoms with Crippen molar-refractivity contribution in [1.82, 2.24) is 9.88 Å². The smallest absolute Gasteiger partial charge is 0.223 e. The molecule has 0 radical (unpaired) electrons. The fraction of sp³-hybridized carbons (Fsp3) is 0.556. The maximum absolute atomic E-state index is 11.4. The van der Waals surface area contributed by atoms with Crippen molar-refractivity contribution >= 4 is 28.8 Å². The number of alkyl halides is 1. The molecule has 0 atom stereocenters. The van der Waals surface area contributed by atoms with Crippen LogP contribution in [-0.4, -0.2) is 28.7 Å². The molecule has 0 bridgehead atoms. The van der Waals surface area contributed by atoms with E-state index in [4.69, 9.17) is 11.6 Å². The molecule has 0 spiro atoms. The molecule has 78 valence electrons. The lowest BCUT2D eigenvalue weighted by molar-refractivity contribution is -0.129. The van der Waals surface area contributed by atoms with E-state index in [9.17, 15) is 4.79 Å². The Kier molecular flexibility index (Phi) is 4.35. The molecule has 14 heavy (non-hydrogen) atoms. The molecule has 0 aliphatic carbocycles. The molecule has 3 nitrogen and oxygen atoms in total. The van der Waals surface area contributed by atoms with Gasteiger partial charge in [-0.15, -0.1) is 22.9 Å². The van der Waals surface area contributed by atoms with Crippen molar-refractivity contribution in [3.8, 4) is 0 Å². The number of aryl methyl sites for hydroxylation is 1. The summed E-state index contributed by atoms with van der Waals surface area (Å²) in [6.45, 7) is 2.58. The highest BCUT2D eigenvalue weighted by atomic mass is 35.5. The highest BCUT2D eigenvalue weighted by Crippen LogP contribution is 2.14. The van der Waals surface area contributed by atoms with Gasteiger partial charge >= 0.3 is 0 Å². The van der Waals surface area contributed by atoms with Gasteiger partial charge in [0.05, 0.1) is 17.7 Å². The minimum absolute atomic E-state index is 0.0767. The van der Waals surface area contributed by atoms with Crippen LogP contribution in [0.5, 0.6) is 0 Å². The molecule has 0 N–H and O–H groups in total. The van der Waals surface area contributed by atoms with Gasteiger partial charge in [-0.2, -0.15) is 0 Å². The van der Waals surface area contributed by atoms with Crippen molar-refractivity contribution in [2.45, 2.75) is 19.9 Å². The van der Waals surface area contributed by atoms with Crippen LogP contribution in [0.15, 0.2) is 5.51 Å². The van der Waals surface area contributed by atoms with Gasteiger partial charge in [0, 0.05) is 24.2 Å². The zero-order valence-electron chi connectivity index (χ0n) is 8.29. The average molecular weight is 233 g/mol. The molecule has 5 heteroatoms. The van der Waals surface area contributed by atoms with Gasteiger partial charge in [-0.05, 0) is 6.92 Å². The van der Waals surface area contributed by atoms with E-state index in [1.165, 1.54) is 0 Å². The summed E-state index contributed by atoms with van der Waals surface area (Å²) in [5, 5.41) is 0. The van der Waals surface area contributed by atoms with Gasteiger partial charge in [0.25, 0.3) is 0 Å². The van der Waals surface area contributed by atoms with Crippen molar-refractivity contribution in [1.29, 1.82) is 0 Å². The van der Waals surface area contributed by atoms with E-state index in [1.807, 2.05) is 6.92 Å². The fourth-order valence-corrected chi connectivity index (χ4v) is 2.04. The summed E-state index contributed by atoms with van der Waals surface area (Å²) in [5.41, 5.74) is 2.80. The molecular weight excluding hydrogens is 220 g/mol. The fourth-order valence-electron chi connectivity index (χ4n) is 1.05. The minimum Gasteiger partial charge on any atom is -0.341 e. The van der Waals surface area contributed by atoms with E-state index < -0.39 is 0 Å². The molecule has 0 aliphatic heterocycles. The van der Waals surface area contributed by atoms with Crippen LogP contribution in [0.1, 0.15) is 17.0 Å². The Hall–Kier alpha value is -0.610. The largest absolute Gasteiger partial charge is 0.341 e. The summed E-state index contributed by atoms with van der Waals surface area (Å²) in [4.78, 5) is 18.4. The van der Waals surface area contributed by atoms with E-state index in [-0.39, 0.29) is 5.91 Å². The van der Waals surface area contributed by atoms with Gasteiger partial charge in [0.2, 0.25) is 5.91 Å². The molecule has 1 aromatic heterocycles. The summed E-state index contributed by atoms with van der Waals surface area (Å²) >= 11 is 7.07. The molecule has 0 aliphatic rings. The van der Waals surface area contributed by atoms with Crippen LogP contribution < -0.4 is 0 Å². The van der Waals surface area contributed by atoms with Gasteiger partial charge in [-0.3, -0.25) is 4.79 Å². The van der Waals surface area contributed by atoms with Crippen molar-refractivity contribution in [3.05, 3.63) is 16.1 Å². The first kappa shape index (κ1) is 11.5. The first-order chi connectivity index (χ1) is 6.65. The van der Waals surface area contributed by atoms with E-state index in [1.54, 1.807) is 28.8 Å². The Balaban J connectivity index is 2.52. The summed E-state index contributed by atoms with van der Waals surface area (Å²) in [6, 6.07) is 0. The third-order valence-corrected chi connectivity index (χ3v) is 3.07. The second-order valence-electron chi connectivity index (χ2n) is 3.05. The van der Waals surface area contributed by atoms with Gasteiger partial charge < -0.3 is 4.90 Å². The predicted octanol–water partition coefficient (Wildman–Crippen LogP) is 2.04. The second-order valence-corrected chi connectivity index (χ2v) is 4.37. The molecule has 0 aromatic carbocycles. The maximum Gasteiger partial charge on any atom is 0.223 e. The summed E-state index contributed by atoms with van der Waals surface area (Å²) in [7, 11) is 1.79. The van der Waals surface area contributed by atoms with Crippen molar-refractivity contribution in [3.63, 3.8) is 0 Å². The lowest BCUT2D eigenvalue weighted by Gasteiger charge is -2.15. The molecule has 0 saturated heterocycles. The number of carbonyl (C=O) groups is 1. The summed E-state index contributed by atoms with van der Waals surface area (Å²) in [6.07, 6.45) is 0.399. The number of halogens is 1. The van der Waals surface area contributed by atoms with Crippen molar-refractivity contribution in [2.75, 3.05) is 12.9 Å². The number of aromatic nitrogens is 1. The quantitative estimate of drug-likeness (QED) is 0.745. The third kappa shape index (κ3) is 2.96. The molecule has 1 aromatic rings. The Morgan fingerprint density at radius 1 is 1.71 bits per heavy atom. The number of nitrogens with zero attached hydrogens (tertiary/aromatic N) is 2. The number of rotatable bonds is 4. The van der Waals surface area contributed by atoms with E-state index in [2.05, 4.69) is 4.98 Å². The first-order valence-corrected chi connectivity index (χ1v) is 5.75. The number of thiazole rings is 1. The molecule has 1 amide bonds. The van der Waals surface area contributed by atoms with Gasteiger partial charge in [0.15, 0.2) is 0 Å². The summed E-state index contributed by atoms with van der Waals surface area (Å²) < 4.78 is 0. The zero-order chi connectivity index (χ0) is 10.6. The SMILES string of the molecule is Cc1ncsc1CN(C)C(=O)CCCl. The first-order valence-electron chi connectivity index (χ1n) is 4.34. The molecule has 0 fully saturated rings. The van der Waals surface area contributed by atoms with Crippen LogP contribution in [0.4, 0.5) is 0 Å². The number of hydrogen-bond acceptors (Lipinski definition) is 3. The predicted molar refractivity (Wildman–Crippen MR) is 58.7 cm³/mol. The van der Waals surface area contributed by atoms with Gasteiger partial charge in [0.1, 0.15) is 0 Å². The standard InChI is InChI=1S/C9H13ClN2OS/c1-7-8(14-6-11-7)5-12(2)9(13)3-4-10/h6H,3-5H2,1-2H3. The Morgan fingerprint density at radius 2 is 2.43 bits per heavy atom. The van der Waals surface area contributed by atoms with Crippen molar-refractivity contribution < 1.29 is 4.79 Å². The number of hydrogen-bond donors (Lipinski definition) is 0. The lowest BCUT2D eigenvalue weighted by Crippen LogP contribution is -2.26. The number of carbonyl (C=O) groups excluding carboxylic acids is 1. The van der Waals surface area contributed by atoms with Crippen LogP contribution >= 0.6 is 22.9 Å². The lowest BCUT2D eigenvalue weighted by atomic mass is 10.3. The zero-order valence-corrected chi connectivity index (χ0v) is 9.86. The van der Waals surface area contributed by atoms with Crippen LogP contribution in [0, 0.1) is 6.92 Å². The van der Waals surface area contributed by atoms with Gasteiger partial charge in [-0.25, -0.2) is 4.98 Å². The Labute approximate surface area is 92.7 Å². The van der Waals surface area contributed by atoms with E-state index in [0.29, 0.717) is 18.8 Å². The normalized spacial score (nSPS) is 10.2. The molecule has 0 unspecified atom stereocenters. The maximum atomic E-state index is 11.4. The molecule has 1 rings (SSSR count). The highest BCUT2D eigenvalue weighted by molar-refractivity contribution is 7.09. The van der Waals surface area contributed by atoms with Crippen LogP contribution in [0.2, 0.25) is 0 Å². The highest BCUT2D eigenvalue weighted by Gasteiger charge is 2.10. The Bertz CT molecular complexity index is 314. The van der Waals surface area contributed by atoms with E-state index >= 15 is 0 Å². The Morgan fingerprint density at radius 3 is 2.93 bits per heavy atom. The van der Waals surface area contributed by atoms with Crippen LogP contribution in [-0.2, 0) is 11.3 Å². The second kappa shape index (κ2) is 5.32. The minimum atomic E-state index is 0.0767. The third-order valence-electron chi connectivity index (χ3n) is 1.96. The van der Waals surface area contributed by atoms with Crippen LogP contribution in [0.25, 0.3) is 0 Å². The van der Waals surface area contributed by atoms with E-state index in [0.717, 1.165) is 10.6 Å². The number of amides is 1. The van der Waals surface area contributed by atoms with Crippen LogP contribution in [0.3, 0.4) is 0 Å². The average Bonchev–Trinajstić information content (AvgIpc) is 2.52. The monoisotopic (exact) mass is 232 g/mol. The topological polar surface area (TPSA) is 33.2 Å². The molecular formula is C9H13ClN2OS. The molecule has 0 saturated carbocycles. The van der Waals surface area contributed by atoms with Crippen molar-refractivity contribution in [2.24, 2.45) is 0 Å².